The van der Waals surface area contributed by atoms with Gasteiger partial charge >= 0.3 is 8.25 Å². The van der Waals surface area contributed by atoms with Crippen LogP contribution in [0.5, 0.6) is 0 Å². The molecule has 0 N–H and O–H groups in total. The van der Waals surface area contributed by atoms with E-state index in [1.807, 2.05) is 19.0 Å². The molecule has 9 unspecified atom stereocenters. The number of fused-ring (bicyclic) bond motifs is 5. The normalized spacial score (nSPS) is 39.4. The van der Waals surface area contributed by atoms with Gasteiger partial charge in [0.25, 0.3) is 0 Å². The Bertz CT molecular complexity index is 797. The molecule has 0 aromatic carbocycles. The van der Waals surface area contributed by atoms with Gasteiger partial charge in [-0.05, 0) is 105 Å². The summed E-state index contributed by atoms with van der Waals surface area (Å²) in [5, 5.41) is 0. The monoisotopic (exact) mass is 520 g/mol. The zero-order chi connectivity index (χ0) is 26.1. The van der Waals surface area contributed by atoms with Gasteiger partial charge in [0, 0.05) is 17.5 Å². The zero-order valence-electron chi connectivity index (χ0n) is 24.4. The lowest BCUT2D eigenvalue weighted by molar-refractivity contribution is -0.0561. The molecule has 3 saturated carbocycles. The topological polar surface area (TPSA) is 38.8 Å². The number of hydrogen-bond acceptors (Lipinski definition) is 4. The molecule has 0 bridgehead atoms. The average molecular weight is 521 g/mol. The summed E-state index contributed by atoms with van der Waals surface area (Å²) in [6.45, 7) is 13.8. The van der Waals surface area contributed by atoms with Gasteiger partial charge in [0.15, 0.2) is 0 Å². The Balaban J connectivity index is 1.37. The van der Waals surface area contributed by atoms with Crippen molar-refractivity contribution in [2.75, 3.05) is 27.2 Å². The van der Waals surface area contributed by atoms with Gasteiger partial charge in [0.1, 0.15) is 12.7 Å². The Labute approximate surface area is 223 Å². The lowest BCUT2D eigenvalue weighted by Crippen LogP contribution is -2.50. The Kier molecular flexibility index (Phi) is 9.45. The van der Waals surface area contributed by atoms with Gasteiger partial charge in [0.05, 0.1) is 0 Å². The highest BCUT2D eigenvalue weighted by Gasteiger charge is 2.59. The summed E-state index contributed by atoms with van der Waals surface area (Å²) in [5.41, 5.74) is 2.45. The molecule has 4 rings (SSSR count). The quantitative estimate of drug-likeness (QED) is 0.202. The second kappa shape index (κ2) is 11.8. The third-order valence-corrected chi connectivity index (χ3v) is 12.1. The SMILES string of the molecule is CC(C)CCCC(C)C1CCC2C3CC=C4CC(O[P+](=O)OCCN(C)C)CCC4(C)C3CCC12C. The van der Waals surface area contributed by atoms with Crippen molar-refractivity contribution in [2.45, 2.75) is 111 Å². The molecular weight excluding hydrogens is 465 g/mol. The third-order valence-electron chi connectivity index (χ3n) is 11.2. The minimum Gasteiger partial charge on any atom is -0.307 e. The molecule has 206 valence electrons. The van der Waals surface area contributed by atoms with Gasteiger partial charge < -0.3 is 4.90 Å². The highest BCUT2D eigenvalue weighted by molar-refractivity contribution is 7.33. The van der Waals surface area contributed by atoms with E-state index in [2.05, 4.69) is 40.7 Å². The Morgan fingerprint density at radius 2 is 1.83 bits per heavy atom. The Hall–Kier alpha value is -0.280. The fraction of sp³-hybridized carbons (Fsp3) is 0.935. The summed E-state index contributed by atoms with van der Waals surface area (Å²) in [7, 11) is 1.96. The molecule has 0 aromatic rings. The van der Waals surface area contributed by atoms with E-state index in [9.17, 15) is 4.57 Å². The summed E-state index contributed by atoms with van der Waals surface area (Å²) >= 11 is 0. The van der Waals surface area contributed by atoms with Gasteiger partial charge in [-0.3, -0.25) is 0 Å². The van der Waals surface area contributed by atoms with Crippen LogP contribution in [0.4, 0.5) is 0 Å². The first-order valence-corrected chi connectivity index (χ1v) is 16.2. The molecule has 5 heteroatoms. The summed E-state index contributed by atoms with van der Waals surface area (Å²) in [6.07, 6.45) is 16.9. The van der Waals surface area contributed by atoms with Crippen molar-refractivity contribution in [1.29, 1.82) is 0 Å². The van der Waals surface area contributed by atoms with Crippen LogP contribution in [0.15, 0.2) is 11.6 Å². The lowest BCUT2D eigenvalue weighted by Gasteiger charge is -2.58. The number of hydrogen-bond donors (Lipinski definition) is 0. The number of likely N-dealkylation sites (N-methyl/N-ethyl adjacent to an activating group) is 1. The molecule has 0 spiro atoms. The molecule has 0 radical (unpaired) electrons. The highest BCUT2D eigenvalue weighted by atomic mass is 31.1. The molecular formula is C31H55NO3P+. The van der Waals surface area contributed by atoms with Crippen molar-refractivity contribution < 1.29 is 13.6 Å². The van der Waals surface area contributed by atoms with Crippen LogP contribution in [0.25, 0.3) is 0 Å². The Morgan fingerprint density at radius 3 is 2.56 bits per heavy atom. The van der Waals surface area contributed by atoms with Crippen LogP contribution in [0.3, 0.4) is 0 Å². The van der Waals surface area contributed by atoms with Crippen molar-refractivity contribution in [3.8, 4) is 0 Å². The van der Waals surface area contributed by atoms with Crippen LogP contribution in [-0.4, -0.2) is 38.3 Å². The van der Waals surface area contributed by atoms with Crippen molar-refractivity contribution in [2.24, 2.45) is 46.3 Å². The van der Waals surface area contributed by atoms with Crippen molar-refractivity contribution >= 4 is 8.25 Å². The largest absolute Gasteiger partial charge is 0.697 e. The molecule has 4 aliphatic carbocycles. The van der Waals surface area contributed by atoms with E-state index in [-0.39, 0.29) is 6.10 Å². The van der Waals surface area contributed by atoms with Gasteiger partial charge in [-0.1, -0.05) is 65.5 Å². The maximum atomic E-state index is 12.4. The number of rotatable bonds is 11. The van der Waals surface area contributed by atoms with E-state index in [0.717, 1.165) is 54.9 Å². The van der Waals surface area contributed by atoms with Crippen LogP contribution < -0.4 is 0 Å². The lowest BCUT2D eigenvalue weighted by atomic mass is 9.47. The standard InChI is InChI=1S/C31H55NO3P/c1-22(2)9-8-10-23(3)27-13-14-28-26-12-11-24-21-25(35-36(33)34-20-19-32(6)7)15-17-30(24,4)29(26)16-18-31(27,28)5/h11,22-23,25-29H,8-10,12-21H2,1-7H3/q+1. The van der Waals surface area contributed by atoms with Crippen LogP contribution in [0, 0.1) is 46.3 Å². The molecule has 4 nitrogen and oxygen atoms in total. The summed E-state index contributed by atoms with van der Waals surface area (Å²) in [4.78, 5) is 2.04. The fourth-order valence-corrected chi connectivity index (χ4v) is 9.91. The van der Waals surface area contributed by atoms with E-state index < -0.39 is 8.25 Å². The summed E-state index contributed by atoms with van der Waals surface area (Å²) in [6, 6.07) is 0. The maximum absolute atomic E-state index is 12.4. The summed E-state index contributed by atoms with van der Waals surface area (Å²) in [5.74, 6) is 5.19. The molecule has 0 aliphatic heterocycles. The highest BCUT2D eigenvalue weighted by Crippen LogP contribution is 2.67. The third kappa shape index (κ3) is 5.98. The minimum atomic E-state index is -2.03. The van der Waals surface area contributed by atoms with Crippen LogP contribution in [0.2, 0.25) is 0 Å². The molecule has 0 saturated heterocycles. The van der Waals surface area contributed by atoms with Gasteiger partial charge in [0.2, 0.25) is 0 Å². The van der Waals surface area contributed by atoms with E-state index in [0.29, 0.717) is 17.4 Å². The predicted octanol–water partition coefficient (Wildman–Crippen LogP) is 8.65. The molecule has 9 atom stereocenters. The maximum Gasteiger partial charge on any atom is 0.697 e. The van der Waals surface area contributed by atoms with Crippen molar-refractivity contribution in [3.63, 3.8) is 0 Å². The van der Waals surface area contributed by atoms with E-state index in [1.165, 1.54) is 57.8 Å². The predicted molar refractivity (Wildman–Crippen MR) is 150 cm³/mol. The molecule has 36 heavy (non-hydrogen) atoms. The number of allylic oxidation sites excluding steroid dienone is 1. The molecule has 0 heterocycles. The fourth-order valence-electron chi connectivity index (χ4n) is 9.19. The van der Waals surface area contributed by atoms with E-state index >= 15 is 0 Å². The van der Waals surface area contributed by atoms with E-state index in [4.69, 9.17) is 9.05 Å². The Morgan fingerprint density at radius 1 is 1.06 bits per heavy atom. The minimum absolute atomic E-state index is 0.0419. The molecule has 0 aromatic heterocycles. The molecule has 0 amide bonds. The second-order valence-electron chi connectivity index (χ2n) is 14.1. The molecule has 4 aliphatic rings. The van der Waals surface area contributed by atoms with Crippen molar-refractivity contribution in [1.82, 2.24) is 4.90 Å². The van der Waals surface area contributed by atoms with Gasteiger partial charge in [-0.15, -0.1) is 9.05 Å². The van der Waals surface area contributed by atoms with Crippen molar-refractivity contribution in [3.05, 3.63) is 11.6 Å². The first-order valence-electron chi connectivity index (χ1n) is 15.2. The first-order chi connectivity index (χ1) is 17.0. The second-order valence-corrected chi connectivity index (χ2v) is 15.0. The molecule has 3 fully saturated rings. The van der Waals surface area contributed by atoms with Gasteiger partial charge in [-0.25, -0.2) is 0 Å². The van der Waals surface area contributed by atoms with E-state index in [1.54, 1.807) is 5.57 Å². The van der Waals surface area contributed by atoms with Gasteiger partial charge in [-0.2, -0.15) is 0 Å². The first kappa shape index (κ1) is 28.7. The van der Waals surface area contributed by atoms with Crippen LogP contribution >= 0.6 is 8.25 Å². The zero-order valence-corrected chi connectivity index (χ0v) is 25.3. The smallest absolute Gasteiger partial charge is 0.307 e. The summed E-state index contributed by atoms with van der Waals surface area (Å²) < 4.78 is 23.7. The van der Waals surface area contributed by atoms with Crippen LogP contribution in [-0.2, 0) is 13.6 Å². The van der Waals surface area contributed by atoms with Crippen LogP contribution in [0.1, 0.15) is 105 Å². The average Bonchev–Trinajstić information content (AvgIpc) is 3.16. The number of nitrogens with zero attached hydrogens (tertiary/aromatic N) is 1.